The number of hydrogen-bond donors (Lipinski definition) is 0. The Morgan fingerprint density at radius 2 is 1.70 bits per heavy atom. The molecule has 5 rings (SSSR count). The molecule has 2 heterocycles. The van der Waals surface area contributed by atoms with Crippen molar-refractivity contribution in [1.82, 2.24) is 4.57 Å². The van der Waals surface area contributed by atoms with E-state index in [9.17, 15) is 14.4 Å². The van der Waals surface area contributed by atoms with Crippen LogP contribution in [0.4, 0.5) is 0 Å². The monoisotopic (exact) mass is 706 g/mol. The molecule has 12 heteroatoms. The van der Waals surface area contributed by atoms with E-state index < -0.39 is 18.0 Å². The topological polar surface area (TPSA) is 115 Å². The molecule has 3 aromatic carbocycles. The van der Waals surface area contributed by atoms with Gasteiger partial charge in [0, 0.05) is 5.56 Å². The van der Waals surface area contributed by atoms with Crippen molar-refractivity contribution in [2.75, 3.05) is 34.0 Å². The van der Waals surface area contributed by atoms with Gasteiger partial charge >= 0.3 is 11.9 Å². The molecule has 0 fully saturated rings. The molecule has 1 aliphatic heterocycles. The fraction of sp³-hybridized carbons (Fsp3) is 0.235. The van der Waals surface area contributed by atoms with Crippen molar-refractivity contribution in [3.63, 3.8) is 0 Å². The molecule has 238 valence electrons. The first-order valence-electron chi connectivity index (χ1n) is 14.4. The third kappa shape index (κ3) is 6.77. The van der Waals surface area contributed by atoms with E-state index in [-0.39, 0.29) is 31.0 Å². The zero-order chi connectivity index (χ0) is 32.8. The Bertz CT molecular complexity index is 1970. The maximum Gasteiger partial charge on any atom is 0.344 e. The van der Waals surface area contributed by atoms with Crippen molar-refractivity contribution in [3.8, 4) is 17.2 Å². The number of thiazole rings is 1. The minimum Gasteiger partial charge on any atom is -0.497 e. The lowest BCUT2D eigenvalue weighted by molar-refractivity contribution is -0.145. The van der Waals surface area contributed by atoms with Crippen molar-refractivity contribution in [1.29, 1.82) is 0 Å². The first-order chi connectivity index (χ1) is 22.3. The summed E-state index contributed by atoms with van der Waals surface area (Å²) in [4.78, 5) is 45.0. The number of aromatic nitrogens is 1. The Kier molecular flexibility index (Phi) is 10.4. The molecule has 46 heavy (non-hydrogen) atoms. The van der Waals surface area contributed by atoms with E-state index in [0.29, 0.717) is 53.4 Å². The van der Waals surface area contributed by atoms with Crippen LogP contribution >= 0.6 is 27.3 Å². The van der Waals surface area contributed by atoms with Crippen LogP contribution in [0.2, 0.25) is 0 Å². The first-order valence-corrected chi connectivity index (χ1v) is 16.0. The number of benzene rings is 3. The number of ether oxygens (including phenoxy) is 5. The summed E-state index contributed by atoms with van der Waals surface area (Å²) in [5.74, 6) is 0.234. The molecule has 0 saturated carbocycles. The van der Waals surface area contributed by atoms with Gasteiger partial charge in [-0.3, -0.25) is 9.36 Å². The standard InChI is InChI=1S/C34H31BrN2O8S/c1-5-43-27(38)19-45-31-24(35)16-20(17-25(31)42-4)18-26-32(39)37-30(22-12-14-23(41-3)15-13-22)28(33(40)44-6-2)29(36-34(37)46-26)21-10-8-7-9-11-21/h7-18,30H,5-6,19H2,1-4H3/b26-18-/t30-/m0/s1. The van der Waals surface area contributed by atoms with Crippen molar-refractivity contribution >= 4 is 51.0 Å². The Balaban J connectivity index is 1.69. The van der Waals surface area contributed by atoms with Crippen LogP contribution in [0.5, 0.6) is 17.2 Å². The van der Waals surface area contributed by atoms with Gasteiger partial charge in [-0.05, 0) is 71.2 Å². The van der Waals surface area contributed by atoms with Gasteiger partial charge in [0.25, 0.3) is 5.56 Å². The van der Waals surface area contributed by atoms with E-state index in [4.69, 9.17) is 28.7 Å². The molecule has 0 spiro atoms. The number of rotatable bonds is 11. The number of carbonyl (C=O) groups is 2. The number of halogens is 1. The fourth-order valence-corrected chi connectivity index (χ4v) is 6.57. The van der Waals surface area contributed by atoms with Gasteiger partial charge in [0.15, 0.2) is 22.9 Å². The second-order valence-corrected chi connectivity index (χ2v) is 11.7. The third-order valence-corrected chi connectivity index (χ3v) is 8.57. The maximum atomic E-state index is 14.2. The Hall–Kier alpha value is -4.68. The highest BCUT2D eigenvalue weighted by Gasteiger charge is 2.35. The van der Waals surface area contributed by atoms with Crippen LogP contribution in [0.1, 0.15) is 36.6 Å². The predicted octanol–water partition coefficient (Wildman–Crippen LogP) is 4.66. The van der Waals surface area contributed by atoms with Gasteiger partial charge in [-0.15, -0.1) is 0 Å². The second-order valence-electron chi connectivity index (χ2n) is 9.83. The van der Waals surface area contributed by atoms with Crippen LogP contribution in [0.15, 0.2) is 86.6 Å². The summed E-state index contributed by atoms with van der Waals surface area (Å²) >= 11 is 4.70. The van der Waals surface area contributed by atoms with Crippen molar-refractivity contribution in [3.05, 3.63) is 113 Å². The Morgan fingerprint density at radius 3 is 2.35 bits per heavy atom. The van der Waals surface area contributed by atoms with Crippen molar-refractivity contribution in [2.45, 2.75) is 19.9 Å². The van der Waals surface area contributed by atoms with Crippen LogP contribution in [0, 0.1) is 0 Å². The van der Waals surface area contributed by atoms with Crippen LogP contribution in [-0.4, -0.2) is 50.5 Å². The lowest BCUT2D eigenvalue weighted by atomic mass is 9.93. The Labute approximate surface area is 277 Å². The van der Waals surface area contributed by atoms with E-state index in [2.05, 4.69) is 15.9 Å². The number of fused-ring (bicyclic) bond motifs is 1. The molecule has 0 N–H and O–H groups in total. The number of carbonyl (C=O) groups excluding carboxylic acids is 2. The average Bonchev–Trinajstić information content (AvgIpc) is 3.37. The molecular formula is C34H31BrN2O8S. The minimum absolute atomic E-state index is 0.153. The molecular weight excluding hydrogens is 676 g/mol. The van der Waals surface area contributed by atoms with E-state index in [0.717, 1.165) is 0 Å². The molecule has 0 unspecified atom stereocenters. The highest BCUT2D eigenvalue weighted by Crippen LogP contribution is 2.38. The summed E-state index contributed by atoms with van der Waals surface area (Å²) in [6.45, 7) is 3.55. The normalized spacial score (nSPS) is 14.3. The summed E-state index contributed by atoms with van der Waals surface area (Å²) in [7, 11) is 3.05. The van der Waals surface area contributed by atoms with Crippen LogP contribution in [0.3, 0.4) is 0 Å². The van der Waals surface area contributed by atoms with Gasteiger partial charge in [0.2, 0.25) is 0 Å². The molecule has 1 atom stereocenters. The molecule has 0 bridgehead atoms. The highest BCUT2D eigenvalue weighted by atomic mass is 79.9. The summed E-state index contributed by atoms with van der Waals surface area (Å²) in [5, 5.41) is 0. The molecule has 1 aliphatic rings. The van der Waals surface area contributed by atoms with Crippen molar-refractivity contribution in [2.24, 2.45) is 4.99 Å². The van der Waals surface area contributed by atoms with Crippen molar-refractivity contribution < 1.29 is 33.3 Å². The minimum atomic E-state index is -0.821. The third-order valence-electron chi connectivity index (χ3n) is 6.99. The van der Waals surface area contributed by atoms with E-state index in [1.165, 1.54) is 23.0 Å². The molecule has 0 aliphatic carbocycles. The SMILES string of the molecule is CCOC(=O)COc1c(Br)cc(/C=c2\sc3n(c2=O)[C@@H](c2ccc(OC)cc2)C(C(=O)OCC)=C(c2ccccc2)N=3)cc1OC. The zero-order valence-corrected chi connectivity index (χ0v) is 28.0. The Morgan fingerprint density at radius 1 is 0.978 bits per heavy atom. The molecule has 4 aromatic rings. The maximum absolute atomic E-state index is 14.2. The van der Waals surface area contributed by atoms with Crippen LogP contribution < -0.4 is 29.1 Å². The summed E-state index contributed by atoms with van der Waals surface area (Å²) < 4.78 is 29.4. The highest BCUT2D eigenvalue weighted by molar-refractivity contribution is 9.10. The zero-order valence-electron chi connectivity index (χ0n) is 25.6. The molecule has 0 radical (unpaired) electrons. The van der Waals surface area contributed by atoms with E-state index >= 15 is 0 Å². The van der Waals surface area contributed by atoms with Gasteiger partial charge in [0.1, 0.15) is 5.75 Å². The largest absolute Gasteiger partial charge is 0.497 e. The number of methoxy groups -OCH3 is 2. The lowest BCUT2D eigenvalue weighted by Gasteiger charge is -2.26. The fourth-order valence-electron chi connectivity index (χ4n) is 4.99. The quantitative estimate of drug-likeness (QED) is 0.207. The van der Waals surface area contributed by atoms with Crippen LogP contribution in [-0.2, 0) is 19.1 Å². The molecule has 0 saturated heterocycles. The first kappa shape index (κ1) is 32.7. The number of hydrogen-bond acceptors (Lipinski definition) is 10. The van der Waals surface area contributed by atoms with Gasteiger partial charge in [-0.2, -0.15) is 0 Å². The molecule has 0 amide bonds. The number of nitrogens with zero attached hydrogens (tertiary/aromatic N) is 2. The summed E-state index contributed by atoms with van der Waals surface area (Å²) in [6, 6.07) is 19.2. The average molecular weight is 708 g/mol. The van der Waals surface area contributed by atoms with Gasteiger partial charge in [-0.25, -0.2) is 14.6 Å². The van der Waals surface area contributed by atoms with Gasteiger partial charge < -0.3 is 23.7 Å². The number of esters is 2. The summed E-state index contributed by atoms with van der Waals surface area (Å²) in [5.41, 5.74) is 2.38. The lowest BCUT2D eigenvalue weighted by Crippen LogP contribution is -2.40. The molecule has 1 aromatic heterocycles. The smallest absolute Gasteiger partial charge is 0.344 e. The van der Waals surface area contributed by atoms with Gasteiger partial charge in [-0.1, -0.05) is 53.8 Å². The predicted molar refractivity (Wildman–Crippen MR) is 177 cm³/mol. The summed E-state index contributed by atoms with van der Waals surface area (Å²) in [6.07, 6.45) is 1.72. The van der Waals surface area contributed by atoms with Crippen LogP contribution in [0.25, 0.3) is 11.8 Å². The van der Waals surface area contributed by atoms with E-state index in [1.807, 2.05) is 42.5 Å². The molecule has 10 nitrogen and oxygen atoms in total. The van der Waals surface area contributed by atoms with E-state index in [1.54, 1.807) is 51.3 Å². The van der Waals surface area contributed by atoms with Gasteiger partial charge in [0.05, 0.1) is 53.8 Å². The second kappa shape index (κ2) is 14.6.